The maximum absolute atomic E-state index is 14.6. The molecule has 220 valence electrons. The van der Waals surface area contributed by atoms with Crippen LogP contribution in [-0.2, 0) is 19.2 Å². The molecule has 3 unspecified atom stereocenters. The van der Waals surface area contributed by atoms with Crippen molar-refractivity contribution in [3.8, 4) is 5.75 Å². The predicted molar refractivity (Wildman–Crippen MR) is 158 cm³/mol. The van der Waals surface area contributed by atoms with E-state index < -0.39 is 80.9 Å². The first-order chi connectivity index (χ1) is 19.6. The highest BCUT2D eigenvalue weighted by molar-refractivity contribution is 6.32. The van der Waals surface area contributed by atoms with Gasteiger partial charge in [0, 0.05) is 16.9 Å². The van der Waals surface area contributed by atoms with Crippen LogP contribution in [0.1, 0.15) is 81.4 Å². The summed E-state index contributed by atoms with van der Waals surface area (Å²) in [5.41, 5.74) is -3.57. The molecule has 0 radical (unpaired) electrons. The Morgan fingerprint density at radius 2 is 1.55 bits per heavy atom. The average molecular weight is 571 g/mol. The molecule has 0 aliphatic heterocycles. The lowest BCUT2D eigenvalue weighted by Gasteiger charge is -2.66. The van der Waals surface area contributed by atoms with Gasteiger partial charge in [-0.15, -0.1) is 0 Å². The highest BCUT2D eigenvalue weighted by Crippen LogP contribution is 2.69. The number of benzene rings is 2. The van der Waals surface area contributed by atoms with Crippen LogP contribution in [0.4, 0.5) is 0 Å². The second kappa shape index (κ2) is 9.66. The summed E-state index contributed by atoms with van der Waals surface area (Å²) in [5.74, 6) is -10.2. The second-order valence-corrected chi connectivity index (χ2v) is 13.2. The summed E-state index contributed by atoms with van der Waals surface area (Å²) < 4.78 is 0. The van der Waals surface area contributed by atoms with Crippen LogP contribution in [0.15, 0.2) is 42.5 Å². The molecule has 0 aromatic heterocycles. The Morgan fingerprint density at radius 1 is 0.929 bits per heavy atom. The third-order valence-electron chi connectivity index (χ3n) is 11.2. The molecule has 7 heteroatoms. The van der Waals surface area contributed by atoms with Gasteiger partial charge in [0.2, 0.25) is 0 Å². The smallest absolute Gasteiger partial charge is 0.190 e. The van der Waals surface area contributed by atoms with Crippen LogP contribution in [0.25, 0.3) is 12.2 Å². The van der Waals surface area contributed by atoms with Crippen LogP contribution in [0.5, 0.6) is 5.75 Å². The van der Waals surface area contributed by atoms with E-state index in [1.807, 2.05) is 37.3 Å². The average Bonchev–Trinajstić information content (AvgIpc) is 2.93. The fourth-order valence-corrected chi connectivity index (χ4v) is 8.70. The van der Waals surface area contributed by atoms with Crippen molar-refractivity contribution in [3.63, 3.8) is 0 Å². The maximum atomic E-state index is 14.6. The number of carbonyl (C=O) groups excluding carboxylic acids is 5. The summed E-state index contributed by atoms with van der Waals surface area (Å²) in [6, 6.07) is 13.0. The van der Waals surface area contributed by atoms with Crippen LogP contribution in [-0.4, -0.2) is 44.7 Å². The molecule has 0 saturated heterocycles. The third kappa shape index (κ3) is 3.52. The first-order valence-electron chi connectivity index (χ1n) is 14.6. The molecule has 2 fully saturated rings. The molecule has 2 aromatic carbocycles. The lowest BCUT2D eigenvalue weighted by atomic mass is 9.35. The number of phenols is 1. The zero-order chi connectivity index (χ0) is 31.1. The number of hydrogen-bond donors (Lipinski definition) is 2. The molecule has 42 heavy (non-hydrogen) atoms. The molecule has 0 spiro atoms. The first-order valence-corrected chi connectivity index (χ1v) is 14.6. The summed E-state index contributed by atoms with van der Waals surface area (Å²) in [6.07, 6.45) is 3.49. The number of Topliss-reactive ketones (excluding diaryl/α,β-unsaturated/α-hetero) is 5. The van der Waals surface area contributed by atoms with E-state index in [0.717, 1.165) is 12.5 Å². The van der Waals surface area contributed by atoms with Crippen molar-refractivity contribution < 1.29 is 34.2 Å². The molecule has 0 heterocycles. The number of aromatic hydroxyl groups is 1. The molecule has 0 amide bonds. The van der Waals surface area contributed by atoms with Gasteiger partial charge >= 0.3 is 0 Å². The fraction of sp³-hybridized carbons (Fsp3) is 0.457. The van der Waals surface area contributed by atoms with Gasteiger partial charge in [0.1, 0.15) is 17.5 Å². The normalized spacial score (nSPS) is 36.2. The fourth-order valence-electron chi connectivity index (χ4n) is 8.70. The second-order valence-electron chi connectivity index (χ2n) is 13.2. The number of aliphatic hydroxyl groups is 1. The van der Waals surface area contributed by atoms with Crippen LogP contribution in [0.3, 0.4) is 0 Å². The zero-order valence-corrected chi connectivity index (χ0v) is 25.1. The minimum absolute atomic E-state index is 0.00389. The van der Waals surface area contributed by atoms with Gasteiger partial charge < -0.3 is 10.2 Å². The van der Waals surface area contributed by atoms with Gasteiger partial charge in [0.15, 0.2) is 28.7 Å². The molecular weight excluding hydrogens is 532 g/mol. The molecule has 3 aliphatic rings. The standard InChI is InChI=1S/C35H38O7/c1-17(2)26-29(38)24(19(4)36)31(40)35(42)32(41)27-30(39)25-23(18(3)33(27,6)20(5)34(26,35)7)16-15-22(28(25)37)14-13-21-11-9-8-10-12-21/h8-18,20,24,26-27,37,42H,1-7H3/b14-13+/t18-,20-,24?,26?,27?,33-,34-,35+/m1/s1. The van der Waals surface area contributed by atoms with E-state index in [9.17, 15) is 34.2 Å². The number of rotatable bonds is 4. The van der Waals surface area contributed by atoms with Crippen LogP contribution in [0, 0.1) is 40.4 Å². The Kier molecular flexibility index (Phi) is 6.85. The van der Waals surface area contributed by atoms with Crippen LogP contribution in [0.2, 0.25) is 0 Å². The number of hydrogen-bond acceptors (Lipinski definition) is 7. The number of phenolic OH excluding ortho intramolecular Hbond substituents is 1. The molecule has 5 rings (SSSR count). The predicted octanol–water partition coefficient (Wildman–Crippen LogP) is 5.07. The lowest BCUT2D eigenvalue weighted by Crippen LogP contribution is -2.79. The summed E-state index contributed by atoms with van der Waals surface area (Å²) in [5, 5.41) is 23.7. The van der Waals surface area contributed by atoms with Crippen molar-refractivity contribution in [2.45, 2.75) is 60.0 Å². The molecule has 7 nitrogen and oxygen atoms in total. The van der Waals surface area contributed by atoms with Gasteiger partial charge in [-0.3, -0.25) is 24.0 Å². The SMILES string of the molecule is CC(=O)C1C(=O)C(C(C)C)[C@@]2(C)[C@H](C)[C@]3(C)C(C(=O)c4c(ccc(/C=C/c5ccccc5)c4O)[C@H]3C)C(=O)[C@@]2(O)C1=O. The summed E-state index contributed by atoms with van der Waals surface area (Å²) >= 11 is 0. The van der Waals surface area contributed by atoms with Crippen LogP contribution < -0.4 is 0 Å². The van der Waals surface area contributed by atoms with Gasteiger partial charge in [-0.05, 0) is 41.2 Å². The highest BCUT2D eigenvalue weighted by Gasteiger charge is 2.79. The molecule has 3 aliphatic carbocycles. The number of fused-ring (bicyclic) bond motifs is 3. The molecule has 0 bridgehead atoms. The first kappa shape index (κ1) is 29.8. The van der Waals surface area contributed by atoms with E-state index in [-0.39, 0.29) is 11.3 Å². The highest BCUT2D eigenvalue weighted by atomic mass is 16.3. The zero-order valence-electron chi connectivity index (χ0n) is 25.1. The molecular formula is C35H38O7. The van der Waals surface area contributed by atoms with Crippen molar-refractivity contribution in [2.75, 3.05) is 0 Å². The van der Waals surface area contributed by atoms with Crippen LogP contribution >= 0.6 is 0 Å². The van der Waals surface area contributed by atoms with Gasteiger partial charge in [-0.2, -0.15) is 0 Å². The lowest BCUT2D eigenvalue weighted by molar-refractivity contribution is -0.222. The van der Waals surface area contributed by atoms with E-state index in [1.54, 1.807) is 58.9 Å². The minimum Gasteiger partial charge on any atom is -0.507 e. The van der Waals surface area contributed by atoms with E-state index in [1.165, 1.54) is 0 Å². The van der Waals surface area contributed by atoms with Crippen molar-refractivity contribution in [1.29, 1.82) is 0 Å². The maximum Gasteiger partial charge on any atom is 0.190 e. The van der Waals surface area contributed by atoms with E-state index in [0.29, 0.717) is 11.1 Å². The largest absolute Gasteiger partial charge is 0.507 e. The van der Waals surface area contributed by atoms with Gasteiger partial charge in [-0.25, -0.2) is 0 Å². The number of ketones is 5. The Bertz CT molecular complexity index is 1570. The van der Waals surface area contributed by atoms with E-state index >= 15 is 0 Å². The van der Waals surface area contributed by atoms with Gasteiger partial charge in [0.05, 0.1) is 11.5 Å². The minimum atomic E-state index is -2.73. The molecule has 2 saturated carbocycles. The van der Waals surface area contributed by atoms with Crippen molar-refractivity contribution >= 4 is 41.1 Å². The molecule has 8 atom stereocenters. The Morgan fingerprint density at radius 3 is 2.12 bits per heavy atom. The van der Waals surface area contributed by atoms with E-state index in [2.05, 4.69) is 0 Å². The van der Waals surface area contributed by atoms with Crippen molar-refractivity contribution in [3.05, 3.63) is 64.7 Å². The summed E-state index contributed by atoms with van der Waals surface area (Å²) in [7, 11) is 0. The van der Waals surface area contributed by atoms with Gasteiger partial charge in [0.25, 0.3) is 0 Å². The number of carbonyl (C=O) groups is 5. The van der Waals surface area contributed by atoms with Crippen molar-refractivity contribution in [2.24, 2.45) is 40.4 Å². The van der Waals surface area contributed by atoms with Gasteiger partial charge in [-0.1, -0.05) is 96.2 Å². The summed E-state index contributed by atoms with van der Waals surface area (Å²) in [4.78, 5) is 69.2. The molecule has 2 N–H and O–H groups in total. The third-order valence-corrected chi connectivity index (χ3v) is 11.2. The molecule has 2 aromatic rings. The summed E-state index contributed by atoms with van der Waals surface area (Å²) in [6.45, 7) is 11.7. The Balaban J connectivity index is 1.72. The topological polar surface area (TPSA) is 126 Å². The Hall–Kier alpha value is -3.71. The monoisotopic (exact) mass is 570 g/mol. The Labute approximate surface area is 246 Å². The van der Waals surface area contributed by atoms with Crippen molar-refractivity contribution in [1.82, 2.24) is 0 Å². The van der Waals surface area contributed by atoms with E-state index in [4.69, 9.17) is 0 Å². The quantitative estimate of drug-likeness (QED) is 0.388.